The average molecular weight is 380 g/mol. The van der Waals surface area contributed by atoms with Crippen LogP contribution >= 0.6 is 0 Å². The Hall–Kier alpha value is -2.39. The molecule has 0 radical (unpaired) electrons. The lowest BCUT2D eigenvalue weighted by molar-refractivity contribution is -0.148. The van der Waals surface area contributed by atoms with Gasteiger partial charge in [-0.15, -0.1) is 0 Å². The number of nitriles is 1. The van der Waals surface area contributed by atoms with Gasteiger partial charge in [-0.1, -0.05) is 0 Å². The number of fused-ring (bicyclic) bond motifs is 3. The summed E-state index contributed by atoms with van der Waals surface area (Å²) in [5.41, 5.74) is 0.771. The zero-order valence-electron chi connectivity index (χ0n) is 16.7. The third-order valence-electron chi connectivity index (χ3n) is 6.82. The standard InChI is InChI=1S/C22H28N4O2/c1-24(2)12-13-25-11-3-10-22(21(25)28)14-18-8-9-19(22)26(18)20(27)17-6-4-16(15-23)5-7-17/h4-7,18-19H,3,8-14H2,1-2H3/t18?,19?,22-/m0/s1. The number of hydrogen-bond acceptors (Lipinski definition) is 4. The first-order chi connectivity index (χ1) is 13.5. The summed E-state index contributed by atoms with van der Waals surface area (Å²) in [5, 5.41) is 8.98. The van der Waals surface area contributed by atoms with Crippen LogP contribution in [0.3, 0.4) is 0 Å². The molecule has 0 saturated carbocycles. The molecule has 1 aromatic carbocycles. The van der Waals surface area contributed by atoms with Crippen molar-refractivity contribution in [2.75, 3.05) is 33.7 Å². The number of rotatable bonds is 4. The van der Waals surface area contributed by atoms with Gasteiger partial charge in [-0.05, 0) is 70.5 Å². The third kappa shape index (κ3) is 2.98. The fourth-order valence-electron chi connectivity index (χ4n) is 5.47. The van der Waals surface area contributed by atoms with Crippen LogP contribution in [0.4, 0.5) is 0 Å². The second kappa shape index (κ2) is 7.21. The molecule has 0 aromatic heterocycles. The first kappa shape index (κ1) is 18.9. The van der Waals surface area contributed by atoms with Crippen LogP contribution in [0.2, 0.25) is 0 Å². The van der Waals surface area contributed by atoms with Crippen LogP contribution < -0.4 is 0 Å². The van der Waals surface area contributed by atoms with E-state index < -0.39 is 5.41 Å². The lowest BCUT2D eigenvalue weighted by Gasteiger charge is -2.44. The van der Waals surface area contributed by atoms with E-state index in [-0.39, 0.29) is 23.9 Å². The summed E-state index contributed by atoms with van der Waals surface area (Å²) in [7, 11) is 4.05. The largest absolute Gasteiger partial charge is 0.341 e. The van der Waals surface area contributed by atoms with Crippen molar-refractivity contribution in [3.63, 3.8) is 0 Å². The fraction of sp³-hybridized carbons (Fsp3) is 0.591. The number of likely N-dealkylation sites (tertiary alicyclic amines) is 1. The molecule has 3 aliphatic rings. The molecule has 2 bridgehead atoms. The Labute approximate surface area is 166 Å². The molecule has 1 aromatic rings. The Morgan fingerprint density at radius 1 is 1.29 bits per heavy atom. The Morgan fingerprint density at radius 2 is 2.04 bits per heavy atom. The van der Waals surface area contributed by atoms with E-state index >= 15 is 0 Å². The van der Waals surface area contributed by atoms with Gasteiger partial charge in [0.25, 0.3) is 5.91 Å². The summed E-state index contributed by atoms with van der Waals surface area (Å²) in [6.07, 6.45) is 4.61. The van der Waals surface area contributed by atoms with Crippen molar-refractivity contribution in [1.29, 1.82) is 5.26 Å². The van der Waals surface area contributed by atoms with E-state index in [1.807, 2.05) is 23.9 Å². The minimum absolute atomic E-state index is 0.00656. The number of carbonyl (C=O) groups is 2. The molecule has 2 unspecified atom stereocenters. The van der Waals surface area contributed by atoms with E-state index in [2.05, 4.69) is 11.0 Å². The molecule has 28 heavy (non-hydrogen) atoms. The van der Waals surface area contributed by atoms with Crippen molar-refractivity contribution < 1.29 is 9.59 Å². The molecule has 3 fully saturated rings. The average Bonchev–Trinajstić information content (AvgIpc) is 3.25. The van der Waals surface area contributed by atoms with Crippen molar-refractivity contribution in [2.45, 2.75) is 44.2 Å². The van der Waals surface area contributed by atoms with Crippen LogP contribution in [0.1, 0.15) is 48.0 Å². The minimum Gasteiger partial charge on any atom is -0.341 e. The first-order valence-corrected chi connectivity index (χ1v) is 10.2. The van der Waals surface area contributed by atoms with Gasteiger partial charge in [-0.2, -0.15) is 5.26 Å². The molecule has 3 atom stereocenters. The summed E-state index contributed by atoms with van der Waals surface area (Å²) < 4.78 is 0. The summed E-state index contributed by atoms with van der Waals surface area (Å²) in [5.74, 6) is 0.262. The van der Waals surface area contributed by atoms with Crippen LogP contribution in [0.5, 0.6) is 0 Å². The smallest absolute Gasteiger partial charge is 0.254 e. The highest BCUT2D eigenvalue weighted by molar-refractivity contribution is 5.96. The van der Waals surface area contributed by atoms with E-state index in [0.29, 0.717) is 11.1 Å². The Morgan fingerprint density at radius 3 is 2.71 bits per heavy atom. The zero-order valence-corrected chi connectivity index (χ0v) is 16.7. The van der Waals surface area contributed by atoms with Crippen molar-refractivity contribution in [3.05, 3.63) is 35.4 Å². The Kier molecular flexibility index (Phi) is 4.88. The van der Waals surface area contributed by atoms with Crippen LogP contribution in [0, 0.1) is 16.7 Å². The van der Waals surface area contributed by atoms with E-state index in [9.17, 15) is 9.59 Å². The molecule has 0 N–H and O–H groups in total. The number of nitrogens with zero attached hydrogens (tertiary/aromatic N) is 4. The van der Waals surface area contributed by atoms with Gasteiger partial charge in [-0.3, -0.25) is 9.59 Å². The van der Waals surface area contributed by atoms with Crippen LogP contribution in [-0.4, -0.2) is 72.3 Å². The highest BCUT2D eigenvalue weighted by atomic mass is 16.2. The molecule has 0 aliphatic carbocycles. The fourth-order valence-corrected chi connectivity index (χ4v) is 5.47. The molecule has 4 rings (SSSR count). The van der Waals surface area contributed by atoms with Gasteiger partial charge in [0, 0.05) is 37.3 Å². The van der Waals surface area contributed by atoms with Gasteiger partial charge in [0.1, 0.15) is 0 Å². The predicted octanol–water partition coefficient (Wildman–Crippen LogP) is 2.11. The number of hydrogen-bond donors (Lipinski definition) is 0. The zero-order chi connectivity index (χ0) is 19.9. The van der Waals surface area contributed by atoms with Crippen molar-refractivity contribution in [1.82, 2.24) is 14.7 Å². The summed E-state index contributed by atoms with van der Waals surface area (Å²) >= 11 is 0. The molecule has 6 heteroatoms. The number of likely N-dealkylation sites (N-methyl/N-ethyl adjacent to an activating group) is 1. The second-order valence-electron chi connectivity index (χ2n) is 8.71. The monoisotopic (exact) mass is 380 g/mol. The minimum atomic E-state index is -0.393. The predicted molar refractivity (Wildman–Crippen MR) is 106 cm³/mol. The van der Waals surface area contributed by atoms with Crippen molar-refractivity contribution >= 4 is 11.8 Å². The number of benzene rings is 1. The van der Waals surface area contributed by atoms with Crippen molar-refractivity contribution in [3.8, 4) is 6.07 Å². The van der Waals surface area contributed by atoms with Gasteiger partial charge in [0.05, 0.1) is 17.0 Å². The molecule has 3 saturated heterocycles. The van der Waals surface area contributed by atoms with E-state index in [0.717, 1.165) is 51.7 Å². The van der Waals surface area contributed by atoms with E-state index in [1.165, 1.54) is 0 Å². The van der Waals surface area contributed by atoms with Crippen LogP contribution in [0.25, 0.3) is 0 Å². The first-order valence-electron chi connectivity index (χ1n) is 10.2. The highest BCUT2D eigenvalue weighted by Crippen LogP contribution is 2.54. The van der Waals surface area contributed by atoms with Gasteiger partial charge < -0.3 is 14.7 Å². The van der Waals surface area contributed by atoms with Crippen molar-refractivity contribution in [2.24, 2.45) is 5.41 Å². The summed E-state index contributed by atoms with van der Waals surface area (Å²) in [6, 6.07) is 9.11. The van der Waals surface area contributed by atoms with Crippen LogP contribution in [-0.2, 0) is 4.79 Å². The Bertz CT molecular complexity index is 813. The number of amides is 2. The molecular weight excluding hydrogens is 352 g/mol. The van der Waals surface area contributed by atoms with Gasteiger partial charge >= 0.3 is 0 Å². The lowest BCUT2D eigenvalue weighted by atomic mass is 9.68. The molecule has 3 aliphatic heterocycles. The highest BCUT2D eigenvalue weighted by Gasteiger charge is 2.62. The van der Waals surface area contributed by atoms with E-state index in [4.69, 9.17) is 5.26 Å². The van der Waals surface area contributed by atoms with Gasteiger partial charge in [0.2, 0.25) is 5.91 Å². The second-order valence-corrected chi connectivity index (χ2v) is 8.71. The molecule has 6 nitrogen and oxygen atoms in total. The summed E-state index contributed by atoms with van der Waals surface area (Å²) in [4.78, 5) is 32.8. The number of carbonyl (C=O) groups excluding carboxylic acids is 2. The topological polar surface area (TPSA) is 67.7 Å². The normalized spacial score (nSPS) is 29.0. The quantitative estimate of drug-likeness (QED) is 0.802. The molecule has 148 valence electrons. The molecule has 3 heterocycles. The third-order valence-corrected chi connectivity index (χ3v) is 6.82. The SMILES string of the molecule is CN(C)CCN1CCC[C@@]2(CC3CCC2N3C(=O)c2ccc(C#N)cc2)C1=O. The molecule has 2 amide bonds. The van der Waals surface area contributed by atoms with Gasteiger partial charge in [0.15, 0.2) is 0 Å². The van der Waals surface area contributed by atoms with E-state index in [1.54, 1.807) is 24.3 Å². The maximum absolute atomic E-state index is 13.5. The summed E-state index contributed by atoms with van der Waals surface area (Å²) in [6.45, 7) is 2.45. The lowest BCUT2D eigenvalue weighted by Crippen LogP contribution is -2.55. The molecular formula is C22H28N4O2. The maximum Gasteiger partial charge on any atom is 0.254 e. The Balaban J connectivity index is 1.56. The number of piperidine rings is 1. The molecule has 1 spiro atoms. The maximum atomic E-state index is 13.5. The van der Waals surface area contributed by atoms with Crippen LogP contribution in [0.15, 0.2) is 24.3 Å². The van der Waals surface area contributed by atoms with Gasteiger partial charge in [-0.25, -0.2) is 0 Å².